The van der Waals surface area contributed by atoms with E-state index in [0.29, 0.717) is 18.7 Å². The van der Waals surface area contributed by atoms with Crippen LogP contribution in [0.3, 0.4) is 0 Å². The van der Waals surface area contributed by atoms with E-state index in [0.717, 1.165) is 6.42 Å². The molecule has 0 bridgehead atoms. The summed E-state index contributed by atoms with van der Waals surface area (Å²) in [5, 5.41) is 0. The standard InChI is InChI=1S/C17H25NO4/c1-4-12-18(16(19)14-10-8-7-9-11-14)15(13-21-5-2)17(20)22-6-3/h7-11,15H,4-6,12-13H2,1-3H3. The summed E-state index contributed by atoms with van der Waals surface area (Å²) in [5.41, 5.74) is 0.557. The van der Waals surface area contributed by atoms with Gasteiger partial charge in [-0.25, -0.2) is 4.79 Å². The van der Waals surface area contributed by atoms with Crippen molar-refractivity contribution in [2.45, 2.75) is 33.2 Å². The molecular formula is C17H25NO4. The fraction of sp³-hybridized carbons (Fsp3) is 0.529. The molecule has 0 radical (unpaired) electrons. The molecule has 1 aromatic carbocycles. The van der Waals surface area contributed by atoms with Crippen molar-refractivity contribution in [2.24, 2.45) is 0 Å². The van der Waals surface area contributed by atoms with E-state index in [1.807, 2.05) is 19.9 Å². The molecule has 122 valence electrons. The second kappa shape index (κ2) is 9.95. The summed E-state index contributed by atoms with van der Waals surface area (Å²) >= 11 is 0. The molecule has 0 saturated carbocycles. The number of hydrogen-bond donors (Lipinski definition) is 0. The Kier molecular flexibility index (Phi) is 8.22. The number of esters is 1. The van der Waals surface area contributed by atoms with Gasteiger partial charge in [-0.3, -0.25) is 4.79 Å². The Labute approximate surface area is 132 Å². The normalized spacial score (nSPS) is 11.8. The molecule has 0 aliphatic rings. The van der Waals surface area contributed by atoms with E-state index in [9.17, 15) is 9.59 Å². The van der Waals surface area contributed by atoms with Gasteiger partial charge >= 0.3 is 5.97 Å². The number of carbonyl (C=O) groups excluding carboxylic acids is 2. The van der Waals surface area contributed by atoms with E-state index >= 15 is 0 Å². The minimum atomic E-state index is -0.715. The van der Waals surface area contributed by atoms with Crippen LogP contribution in [0.5, 0.6) is 0 Å². The summed E-state index contributed by atoms with van der Waals surface area (Å²) in [6.45, 7) is 6.95. The zero-order valence-electron chi connectivity index (χ0n) is 13.6. The van der Waals surface area contributed by atoms with Gasteiger partial charge in [0.05, 0.1) is 13.2 Å². The summed E-state index contributed by atoms with van der Waals surface area (Å²) < 4.78 is 10.5. The van der Waals surface area contributed by atoms with E-state index < -0.39 is 12.0 Å². The third-order valence-electron chi connectivity index (χ3n) is 3.16. The van der Waals surface area contributed by atoms with Crippen molar-refractivity contribution in [1.82, 2.24) is 4.90 Å². The lowest BCUT2D eigenvalue weighted by molar-refractivity contribution is -0.150. The van der Waals surface area contributed by atoms with Gasteiger partial charge in [0.15, 0.2) is 6.04 Å². The maximum Gasteiger partial charge on any atom is 0.331 e. The highest BCUT2D eigenvalue weighted by molar-refractivity contribution is 5.96. The SMILES string of the molecule is CCCN(C(=O)c1ccccc1)C(COCC)C(=O)OCC. The summed E-state index contributed by atoms with van der Waals surface area (Å²) in [6.07, 6.45) is 0.751. The molecule has 1 unspecified atom stereocenters. The Hall–Kier alpha value is -1.88. The highest BCUT2D eigenvalue weighted by Crippen LogP contribution is 2.12. The molecule has 0 spiro atoms. The topological polar surface area (TPSA) is 55.8 Å². The Bertz CT molecular complexity index is 461. The first-order chi connectivity index (χ1) is 10.7. The first kappa shape index (κ1) is 18.2. The molecule has 0 aromatic heterocycles. The maximum absolute atomic E-state index is 12.7. The second-order valence-corrected chi connectivity index (χ2v) is 4.79. The van der Waals surface area contributed by atoms with Crippen LogP contribution in [0, 0.1) is 0 Å². The summed E-state index contributed by atoms with van der Waals surface area (Å²) in [7, 11) is 0. The molecular weight excluding hydrogens is 282 g/mol. The zero-order valence-corrected chi connectivity index (χ0v) is 13.6. The van der Waals surface area contributed by atoms with Gasteiger partial charge in [0, 0.05) is 18.7 Å². The third-order valence-corrected chi connectivity index (χ3v) is 3.16. The van der Waals surface area contributed by atoms with Gasteiger partial charge in [-0.1, -0.05) is 25.1 Å². The van der Waals surface area contributed by atoms with Gasteiger partial charge < -0.3 is 14.4 Å². The van der Waals surface area contributed by atoms with Gasteiger partial charge in [-0.2, -0.15) is 0 Å². The number of nitrogens with zero attached hydrogens (tertiary/aromatic N) is 1. The first-order valence-corrected chi connectivity index (χ1v) is 7.76. The number of rotatable bonds is 9. The van der Waals surface area contributed by atoms with Gasteiger partial charge in [0.1, 0.15) is 0 Å². The van der Waals surface area contributed by atoms with Crippen LogP contribution < -0.4 is 0 Å². The van der Waals surface area contributed by atoms with Crippen molar-refractivity contribution >= 4 is 11.9 Å². The van der Waals surface area contributed by atoms with Crippen LogP contribution in [-0.4, -0.2) is 49.2 Å². The predicted octanol–water partition coefficient (Wildman–Crippen LogP) is 2.51. The van der Waals surface area contributed by atoms with Gasteiger partial charge in [0.25, 0.3) is 5.91 Å². The molecule has 1 amide bonds. The minimum absolute atomic E-state index is 0.147. The Balaban J connectivity index is 3.00. The molecule has 5 nitrogen and oxygen atoms in total. The molecule has 0 aliphatic heterocycles. The monoisotopic (exact) mass is 307 g/mol. The number of amides is 1. The van der Waals surface area contributed by atoms with Gasteiger partial charge in [-0.15, -0.1) is 0 Å². The molecule has 0 fully saturated rings. The van der Waals surface area contributed by atoms with E-state index in [1.165, 1.54) is 0 Å². The van der Waals surface area contributed by atoms with Crippen LogP contribution in [0.2, 0.25) is 0 Å². The third kappa shape index (κ3) is 5.15. The van der Waals surface area contributed by atoms with Crippen LogP contribution in [0.4, 0.5) is 0 Å². The molecule has 0 saturated heterocycles. The number of hydrogen-bond acceptors (Lipinski definition) is 4. The first-order valence-electron chi connectivity index (χ1n) is 7.76. The zero-order chi connectivity index (χ0) is 16.4. The van der Waals surface area contributed by atoms with Gasteiger partial charge in [-0.05, 0) is 32.4 Å². The molecule has 0 aliphatic carbocycles. The van der Waals surface area contributed by atoms with Crippen LogP contribution in [-0.2, 0) is 14.3 Å². The van der Waals surface area contributed by atoms with Crippen molar-refractivity contribution in [3.63, 3.8) is 0 Å². The summed E-state index contributed by atoms with van der Waals surface area (Å²) in [6, 6.07) is 8.23. The molecule has 22 heavy (non-hydrogen) atoms. The van der Waals surface area contributed by atoms with Crippen LogP contribution in [0.25, 0.3) is 0 Å². The van der Waals surface area contributed by atoms with E-state index in [4.69, 9.17) is 9.47 Å². The average molecular weight is 307 g/mol. The van der Waals surface area contributed by atoms with Crippen molar-refractivity contribution in [3.8, 4) is 0 Å². The van der Waals surface area contributed by atoms with Crippen molar-refractivity contribution in [3.05, 3.63) is 35.9 Å². The molecule has 1 atom stereocenters. The quantitative estimate of drug-likeness (QED) is 0.658. The number of ether oxygens (including phenoxy) is 2. The van der Waals surface area contributed by atoms with E-state index in [-0.39, 0.29) is 19.1 Å². The van der Waals surface area contributed by atoms with Crippen molar-refractivity contribution in [1.29, 1.82) is 0 Å². The fourth-order valence-corrected chi connectivity index (χ4v) is 2.14. The van der Waals surface area contributed by atoms with Crippen molar-refractivity contribution < 1.29 is 19.1 Å². The second-order valence-electron chi connectivity index (χ2n) is 4.79. The highest BCUT2D eigenvalue weighted by Gasteiger charge is 2.31. The smallest absolute Gasteiger partial charge is 0.331 e. The molecule has 1 aromatic rings. The lowest BCUT2D eigenvalue weighted by atomic mass is 10.1. The van der Waals surface area contributed by atoms with E-state index in [2.05, 4.69) is 0 Å². The Morgan fingerprint density at radius 3 is 2.32 bits per heavy atom. The number of benzene rings is 1. The minimum Gasteiger partial charge on any atom is -0.464 e. The van der Waals surface area contributed by atoms with Gasteiger partial charge in [0.2, 0.25) is 0 Å². The molecule has 0 heterocycles. The van der Waals surface area contributed by atoms with Crippen molar-refractivity contribution in [2.75, 3.05) is 26.4 Å². The highest BCUT2D eigenvalue weighted by atomic mass is 16.5. The fourth-order valence-electron chi connectivity index (χ4n) is 2.14. The molecule has 1 rings (SSSR count). The molecule has 0 N–H and O–H groups in total. The summed E-state index contributed by atoms with van der Waals surface area (Å²) in [5.74, 6) is -0.603. The summed E-state index contributed by atoms with van der Waals surface area (Å²) in [4.78, 5) is 26.5. The number of carbonyl (C=O) groups is 2. The Morgan fingerprint density at radius 2 is 1.77 bits per heavy atom. The van der Waals surface area contributed by atoms with E-state index in [1.54, 1.807) is 36.1 Å². The van der Waals surface area contributed by atoms with Crippen LogP contribution in [0.1, 0.15) is 37.6 Å². The maximum atomic E-state index is 12.7. The largest absolute Gasteiger partial charge is 0.464 e. The Morgan fingerprint density at radius 1 is 1.09 bits per heavy atom. The average Bonchev–Trinajstić information content (AvgIpc) is 2.54. The lowest BCUT2D eigenvalue weighted by Crippen LogP contribution is -2.49. The lowest BCUT2D eigenvalue weighted by Gasteiger charge is -2.30. The predicted molar refractivity (Wildman–Crippen MR) is 84.7 cm³/mol. The molecule has 5 heteroatoms. The van der Waals surface area contributed by atoms with Crippen LogP contribution >= 0.6 is 0 Å². The van der Waals surface area contributed by atoms with Crippen LogP contribution in [0.15, 0.2) is 30.3 Å².